The van der Waals surface area contributed by atoms with Crippen molar-refractivity contribution in [3.63, 3.8) is 0 Å². The standard InChI is InChI=1S/C9H17NO2/c1-7(2)6-12-9(11)8-4-3-5-10-8/h7-8,10H,3-6H2,1-2H3/t8-/m0/s1. The van der Waals surface area contributed by atoms with Crippen LogP contribution >= 0.6 is 0 Å². The van der Waals surface area contributed by atoms with Crippen LogP contribution in [0.3, 0.4) is 0 Å². The van der Waals surface area contributed by atoms with Gasteiger partial charge in [0, 0.05) is 0 Å². The Morgan fingerprint density at radius 2 is 2.42 bits per heavy atom. The van der Waals surface area contributed by atoms with E-state index in [9.17, 15) is 4.79 Å². The van der Waals surface area contributed by atoms with Gasteiger partial charge in [-0.25, -0.2) is 0 Å². The van der Waals surface area contributed by atoms with Crippen molar-refractivity contribution in [2.75, 3.05) is 13.2 Å². The van der Waals surface area contributed by atoms with E-state index in [1.54, 1.807) is 0 Å². The summed E-state index contributed by atoms with van der Waals surface area (Å²) in [7, 11) is 0. The van der Waals surface area contributed by atoms with Crippen LogP contribution in [0.4, 0.5) is 0 Å². The summed E-state index contributed by atoms with van der Waals surface area (Å²) in [5, 5.41) is 3.11. The highest BCUT2D eigenvalue weighted by Crippen LogP contribution is 2.07. The fourth-order valence-electron chi connectivity index (χ4n) is 1.24. The lowest BCUT2D eigenvalue weighted by Crippen LogP contribution is -2.33. The maximum atomic E-state index is 11.3. The van der Waals surface area contributed by atoms with Crippen molar-refractivity contribution in [2.24, 2.45) is 5.92 Å². The molecule has 0 aromatic carbocycles. The first-order valence-electron chi connectivity index (χ1n) is 4.60. The van der Waals surface area contributed by atoms with Gasteiger partial charge in [-0.05, 0) is 25.3 Å². The minimum absolute atomic E-state index is 0.0382. The molecule has 0 aromatic rings. The lowest BCUT2D eigenvalue weighted by atomic mass is 10.2. The van der Waals surface area contributed by atoms with Gasteiger partial charge in [0.2, 0.25) is 0 Å². The number of rotatable bonds is 3. The van der Waals surface area contributed by atoms with E-state index in [0.29, 0.717) is 12.5 Å². The Morgan fingerprint density at radius 1 is 1.67 bits per heavy atom. The molecule has 1 aliphatic rings. The minimum Gasteiger partial charge on any atom is -0.464 e. The molecule has 0 aromatic heterocycles. The largest absolute Gasteiger partial charge is 0.464 e. The maximum absolute atomic E-state index is 11.3. The third-order valence-electron chi connectivity index (χ3n) is 1.90. The van der Waals surface area contributed by atoms with Crippen molar-refractivity contribution in [3.8, 4) is 0 Å². The highest BCUT2D eigenvalue weighted by Gasteiger charge is 2.23. The molecule has 1 atom stereocenters. The highest BCUT2D eigenvalue weighted by molar-refractivity contribution is 5.76. The topological polar surface area (TPSA) is 38.3 Å². The second-order valence-corrected chi connectivity index (χ2v) is 3.67. The lowest BCUT2D eigenvalue weighted by molar-refractivity contribution is -0.146. The molecular formula is C9H17NO2. The zero-order chi connectivity index (χ0) is 8.97. The maximum Gasteiger partial charge on any atom is 0.323 e. The monoisotopic (exact) mass is 171 g/mol. The van der Waals surface area contributed by atoms with E-state index in [0.717, 1.165) is 19.4 Å². The van der Waals surface area contributed by atoms with Crippen LogP contribution in [0.2, 0.25) is 0 Å². The fraction of sp³-hybridized carbons (Fsp3) is 0.889. The summed E-state index contributed by atoms with van der Waals surface area (Å²) >= 11 is 0. The summed E-state index contributed by atoms with van der Waals surface area (Å²) in [6.07, 6.45) is 2.01. The molecule has 3 nitrogen and oxygen atoms in total. The molecule has 1 N–H and O–H groups in total. The van der Waals surface area contributed by atoms with Crippen LogP contribution in [0.15, 0.2) is 0 Å². The summed E-state index contributed by atoms with van der Waals surface area (Å²) in [4.78, 5) is 11.3. The highest BCUT2D eigenvalue weighted by atomic mass is 16.5. The molecule has 70 valence electrons. The van der Waals surface area contributed by atoms with Gasteiger partial charge in [-0.15, -0.1) is 0 Å². The van der Waals surface area contributed by atoms with Gasteiger partial charge in [0.15, 0.2) is 0 Å². The number of carbonyl (C=O) groups is 1. The number of esters is 1. The third-order valence-corrected chi connectivity index (χ3v) is 1.90. The van der Waals surface area contributed by atoms with Crippen molar-refractivity contribution in [1.29, 1.82) is 0 Å². The summed E-state index contributed by atoms with van der Waals surface area (Å²) in [6, 6.07) is -0.0382. The van der Waals surface area contributed by atoms with E-state index >= 15 is 0 Å². The quantitative estimate of drug-likeness (QED) is 0.642. The van der Waals surface area contributed by atoms with E-state index in [4.69, 9.17) is 4.74 Å². The molecule has 0 saturated carbocycles. The van der Waals surface area contributed by atoms with Gasteiger partial charge in [-0.1, -0.05) is 13.8 Å². The van der Waals surface area contributed by atoms with Gasteiger partial charge < -0.3 is 10.1 Å². The van der Waals surface area contributed by atoms with Crippen LogP contribution in [0.1, 0.15) is 26.7 Å². The van der Waals surface area contributed by atoms with Crippen LogP contribution < -0.4 is 5.32 Å². The molecule has 0 radical (unpaired) electrons. The normalized spacial score (nSPS) is 23.1. The number of hydrogen-bond donors (Lipinski definition) is 1. The number of carbonyl (C=O) groups excluding carboxylic acids is 1. The second kappa shape index (κ2) is 4.45. The smallest absolute Gasteiger partial charge is 0.323 e. The van der Waals surface area contributed by atoms with Gasteiger partial charge in [0.25, 0.3) is 0 Å². The average molecular weight is 171 g/mol. The molecule has 0 bridgehead atoms. The molecule has 0 spiro atoms. The van der Waals surface area contributed by atoms with E-state index in [-0.39, 0.29) is 12.0 Å². The number of ether oxygens (including phenoxy) is 1. The third kappa shape index (κ3) is 2.81. The molecule has 12 heavy (non-hydrogen) atoms. The van der Waals surface area contributed by atoms with Crippen molar-refractivity contribution < 1.29 is 9.53 Å². The molecule has 1 saturated heterocycles. The molecule has 0 unspecified atom stereocenters. The first kappa shape index (κ1) is 9.52. The molecule has 1 fully saturated rings. The molecule has 1 heterocycles. The fourth-order valence-corrected chi connectivity index (χ4v) is 1.24. The van der Waals surface area contributed by atoms with Crippen LogP contribution in [-0.4, -0.2) is 25.2 Å². The van der Waals surface area contributed by atoms with E-state index in [1.165, 1.54) is 0 Å². The predicted molar refractivity (Wildman–Crippen MR) is 46.8 cm³/mol. The van der Waals surface area contributed by atoms with Gasteiger partial charge in [0.05, 0.1) is 6.61 Å². The van der Waals surface area contributed by atoms with Gasteiger partial charge in [0.1, 0.15) is 6.04 Å². The predicted octanol–water partition coefficient (Wildman–Crippen LogP) is 0.938. The summed E-state index contributed by atoms with van der Waals surface area (Å²) in [5.74, 6) is 0.344. The Labute approximate surface area is 73.5 Å². The van der Waals surface area contributed by atoms with E-state index < -0.39 is 0 Å². The molecular weight excluding hydrogens is 154 g/mol. The molecule has 1 rings (SSSR count). The number of nitrogens with one attached hydrogen (secondary N) is 1. The van der Waals surface area contributed by atoms with Crippen LogP contribution in [0.25, 0.3) is 0 Å². The van der Waals surface area contributed by atoms with Crippen LogP contribution in [0, 0.1) is 5.92 Å². The van der Waals surface area contributed by atoms with Crippen LogP contribution in [0.5, 0.6) is 0 Å². The average Bonchev–Trinajstić information content (AvgIpc) is 2.51. The van der Waals surface area contributed by atoms with Crippen molar-refractivity contribution in [3.05, 3.63) is 0 Å². The van der Waals surface area contributed by atoms with E-state index in [1.807, 2.05) is 13.8 Å². The Balaban J connectivity index is 2.18. The lowest BCUT2D eigenvalue weighted by Gasteiger charge is -2.11. The zero-order valence-corrected chi connectivity index (χ0v) is 7.80. The van der Waals surface area contributed by atoms with E-state index in [2.05, 4.69) is 5.32 Å². The SMILES string of the molecule is CC(C)COC(=O)[C@@H]1CCCN1. The van der Waals surface area contributed by atoms with Gasteiger partial charge in [-0.3, -0.25) is 4.79 Å². The Kier molecular flexibility index (Phi) is 3.53. The summed E-state index contributed by atoms with van der Waals surface area (Å²) in [6.45, 7) is 5.56. The number of hydrogen-bond acceptors (Lipinski definition) is 3. The van der Waals surface area contributed by atoms with Crippen LogP contribution in [-0.2, 0) is 9.53 Å². The first-order chi connectivity index (χ1) is 5.70. The Morgan fingerprint density at radius 3 is 2.92 bits per heavy atom. The van der Waals surface area contributed by atoms with Gasteiger partial charge >= 0.3 is 5.97 Å². The summed E-state index contributed by atoms with van der Waals surface area (Å²) in [5.41, 5.74) is 0. The zero-order valence-electron chi connectivity index (χ0n) is 7.80. The molecule has 0 aliphatic carbocycles. The summed E-state index contributed by atoms with van der Waals surface area (Å²) < 4.78 is 5.09. The molecule has 1 aliphatic heterocycles. The Hall–Kier alpha value is -0.570. The first-order valence-corrected chi connectivity index (χ1v) is 4.60. The Bertz CT molecular complexity index is 151. The molecule has 3 heteroatoms. The van der Waals surface area contributed by atoms with Crippen molar-refractivity contribution in [2.45, 2.75) is 32.7 Å². The van der Waals surface area contributed by atoms with Crippen molar-refractivity contribution >= 4 is 5.97 Å². The van der Waals surface area contributed by atoms with Gasteiger partial charge in [-0.2, -0.15) is 0 Å². The second-order valence-electron chi connectivity index (χ2n) is 3.67. The molecule has 0 amide bonds. The van der Waals surface area contributed by atoms with Crippen molar-refractivity contribution in [1.82, 2.24) is 5.32 Å². The minimum atomic E-state index is -0.0822.